The van der Waals surface area contributed by atoms with Gasteiger partial charge in [0, 0.05) is 20.6 Å². The maximum atomic E-state index is 11.6. The molecule has 0 heterocycles. The van der Waals surface area contributed by atoms with Gasteiger partial charge in [-0.2, -0.15) is 0 Å². The van der Waals surface area contributed by atoms with E-state index in [-0.39, 0.29) is 5.97 Å². The molecular weight excluding hydrogens is 228 g/mol. The second kappa shape index (κ2) is 5.76. The lowest BCUT2D eigenvalue weighted by Gasteiger charge is -2.24. The van der Waals surface area contributed by atoms with E-state index in [9.17, 15) is 4.79 Å². The molecule has 0 aliphatic rings. The van der Waals surface area contributed by atoms with E-state index >= 15 is 0 Å². The van der Waals surface area contributed by atoms with E-state index in [1.54, 1.807) is 0 Å². The molecule has 100 valence electrons. The van der Waals surface area contributed by atoms with Gasteiger partial charge in [0.15, 0.2) is 0 Å². The molecule has 4 nitrogen and oxygen atoms in total. The average molecular weight is 250 g/mol. The highest BCUT2D eigenvalue weighted by Crippen LogP contribution is 2.25. The lowest BCUT2D eigenvalue weighted by Crippen LogP contribution is -2.33. The summed E-state index contributed by atoms with van der Waals surface area (Å²) >= 11 is 0. The van der Waals surface area contributed by atoms with Crippen LogP contribution in [0.5, 0.6) is 0 Å². The summed E-state index contributed by atoms with van der Waals surface area (Å²) in [6.45, 7) is 4.26. The van der Waals surface area contributed by atoms with E-state index in [0.717, 1.165) is 11.4 Å². The lowest BCUT2D eigenvalue weighted by atomic mass is 9.93. The molecule has 0 fully saturated rings. The number of nitrogens with one attached hydrogen (secondary N) is 1. The van der Waals surface area contributed by atoms with E-state index in [1.165, 1.54) is 7.11 Å². The summed E-state index contributed by atoms with van der Waals surface area (Å²) in [6.07, 6.45) is 0. The van der Waals surface area contributed by atoms with Gasteiger partial charge < -0.3 is 15.0 Å². The maximum absolute atomic E-state index is 11.6. The van der Waals surface area contributed by atoms with Gasteiger partial charge in [-0.05, 0) is 26.0 Å². The third kappa shape index (κ3) is 3.39. The number of methoxy groups -OCH3 is 1. The quantitative estimate of drug-likeness (QED) is 0.815. The molecule has 1 rings (SSSR count). The Morgan fingerprint density at radius 2 is 1.94 bits per heavy atom. The van der Waals surface area contributed by atoms with Crippen LogP contribution in [0.3, 0.4) is 0 Å². The lowest BCUT2D eigenvalue weighted by molar-refractivity contribution is -0.149. The number of carbonyl (C=O) groups is 1. The number of hydrogen-bond acceptors (Lipinski definition) is 4. The zero-order chi connectivity index (χ0) is 13.8. The molecule has 0 spiro atoms. The highest BCUT2D eigenvalue weighted by Gasteiger charge is 2.28. The van der Waals surface area contributed by atoms with Crippen molar-refractivity contribution in [1.82, 2.24) is 0 Å². The first-order chi connectivity index (χ1) is 8.38. The minimum atomic E-state index is -0.547. The van der Waals surface area contributed by atoms with Gasteiger partial charge in [0.2, 0.25) is 0 Å². The largest absolute Gasteiger partial charge is 0.469 e. The first-order valence-corrected chi connectivity index (χ1v) is 5.97. The van der Waals surface area contributed by atoms with Crippen LogP contribution < -0.4 is 10.2 Å². The number of ether oxygens (including phenoxy) is 1. The van der Waals surface area contributed by atoms with E-state index in [2.05, 4.69) is 5.32 Å². The van der Waals surface area contributed by atoms with Crippen molar-refractivity contribution >= 4 is 17.3 Å². The normalized spacial score (nSPS) is 10.9. The van der Waals surface area contributed by atoms with Crippen molar-refractivity contribution in [3.05, 3.63) is 24.3 Å². The SMILES string of the molecule is COC(=O)C(C)(C)CNc1ccccc1N(C)C. The molecule has 0 bridgehead atoms. The van der Waals surface area contributed by atoms with Crippen LogP contribution in [0.25, 0.3) is 0 Å². The van der Waals surface area contributed by atoms with Crippen LogP contribution in [0, 0.1) is 5.41 Å². The Morgan fingerprint density at radius 1 is 1.33 bits per heavy atom. The van der Waals surface area contributed by atoms with Crippen molar-refractivity contribution < 1.29 is 9.53 Å². The fourth-order valence-corrected chi connectivity index (χ4v) is 1.68. The molecule has 1 aromatic rings. The van der Waals surface area contributed by atoms with Crippen LogP contribution in [-0.2, 0) is 9.53 Å². The summed E-state index contributed by atoms with van der Waals surface area (Å²) in [7, 11) is 5.40. The predicted molar refractivity (Wildman–Crippen MR) is 75.1 cm³/mol. The van der Waals surface area contributed by atoms with E-state index in [1.807, 2.05) is 57.1 Å². The Balaban J connectivity index is 2.78. The zero-order valence-corrected chi connectivity index (χ0v) is 11.8. The number of rotatable bonds is 5. The van der Waals surface area contributed by atoms with Crippen LogP contribution in [0.15, 0.2) is 24.3 Å². The summed E-state index contributed by atoms with van der Waals surface area (Å²) < 4.78 is 4.79. The van der Waals surface area contributed by atoms with Crippen molar-refractivity contribution in [3.63, 3.8) is 0 Å². The van der Waals surface area contributed by atoms with Gasteiger partial charge in [-0.15, -0.1) is 0 Å². The first-order valence-electron chi connectivity index (χ1n) is 5.97. The van der Waals surface area contributed by atoms with E-state index in [0.29, 0.717) is 6.54 Å². The standard InChI is InChI=1S/C14H22N2O2/c1-14(2,13(17)18-5)10-15-11-8-6-7-9-12(11)16(3)4/h6-9,15H,10H2,1-5H3. The summed E-state index contributed by atoms with van der Waals surface area (Å²) in [5.41, 5.74) is 1.56. The number of hydrogen-bond donors (Lipinski definition) is 1. The van der Waals surface area contributed by atoms with Gasteiger partial charge in [-0.25, -0.2) is 0 Å². The van der Waals surface area contributed by atoms with Crippen LogP contribution in [0.4, 0.5) is 11.4 Å². The fourth-order valence-electron chi connectivity index (χ4n) is 1.68. The van der Waals surface area contributed by atoms with Crippen molar-refractivity contribution in [3.8, 4) is 0 Å². The van der Waals surface area contributed by atoms with Gasteiger partial charge >= 0.3 is 5.97 Å². The van der Waals surface area contributed by atoms with Crippen LogP contribution in [-0.4, -0.2) is 33.7 Å². The van der Waals surface area contributed by atoms with Crippen LogP contribution >= 0.6 is 0 Å². The van der Waals surface area contributed by atoms with Crippen molar-refractivity contribution in [1.29, 1.82) is 0 Å². The molecule has 0 saturated heterocycles. The van der Waals surface area contributed by atoms with Crippen LogP contribution in [0.1, 0.15) is 13.8 Å². The number of para-hydroxylation sites is 2. The monoisotopic (exact) mass is 250 g/mol. The van der Waals surface area contributed by atoms with Gasteiger partial charge in [0.25, 0.3) is 0 Å². The Bertz CT molecular complexity index is 414. The molecular formula is C14H22N2O2. The Hall–Kier alpha value is -1.71. The van der Waals surface area contributed by atoms with Crippen molar-refractivity contribution in [2.24, 2.45) is 5.41 Å². The third-order valence-corrected chi connectivity index (χ3v) is 2.84. The second-order valence-corrected chi connectivity index (χ2v) is 5.14. The van der Waals surface area contributed by atoms with Gasteiger partial charge in [0.1, 0.15) is 0 Å². The molecule has 0 radical (unpaired) electrons. The van der Waals surface area contributed by atoms with Crippen molar-refractivity contribution in [2.75, 3.05) is 38.0 Å². The molecule has 0 saturated carbocycles. The molecule has 0 aliphatic heterocycles. The Labute approximate surface area is 109 Å². The van der Waals surface area contributed by atoms with Gasteiger partial charge in [0.05, 0.1) is 23.9 Å². The van der Waals surface area contributed by atoms with E-state index in [4.69, 9.17) is 4.74 Å². The first kappa shape index (κ1) is 14.4. The Kier molecular flexibility index (Phi) is 4.59. The number of carbonyl (C=O) groups excluding carboxylic acids is 1. The van der Waals surface area contributed by atoms with Gasteiger partial charge in [-0.3, -0.25) is 4.79 Å². The van der Waals surface area contributed by atoms with Crippen molar-refractivity contribution in [2.45, 2.75) is 13.8 Å². The minimum Gasteiger partial charge on any atom is -0.469 e. The molecule has 18 heavy (non-hydrogen) atoms. The maximum Gasteiger partial charge on any atom is 0.313 e. The summed E-state index contributed by atoms with van der Waals surface area (Å²) in [5.74, 6) is -0.211. The number of esters is 1. The number of nitrogens with zero attached hydrogens (tertiary/aromatic N) is 1. The summed E-state index contributed by atoms with van der Waals surface area (Å²) in [4.78, 5) is 13.6. The molecule has 1 aromatic carbocycles. The fraction of sp³-hybridized carbons (Fsp3) is 0.500. The Morgan fingerprint density at radius 3 is 2.50 bits per heavy atom. The molecule has 0 unspecified atom stereocenters. The molecule has 4 heteroatoms. The smallest absolute Gasteiger partial charge is 0.313 e. The van der Waals surface area contributed by atoms with Crippen LogP contribution in [0.2, 0.25) is 0 Å². The highest BCUT2D eigenvalue weighted by atomic mass is 16.5. The second-order valence-electron chi connectivity index (χ2n) is 5.14. The molecule has 0 amide bonds. The summed E-state index contributed by atoms with van der Waals surface area (Å²) in [5, 5.41) is 3.31. The number of benzene rings is 1. The zero-order valence-electron chi connectivity index (χ0n) is 11.8. The topological polar surface area (TPSA) is 41.6 Å². The molecule has 1 N–H and O–H groups in total. The number of anilines is 2. The minimum absolute atomic E-state index is 0.211. The predicted octanol–water partition coefficient (Wildman–Crippen LogP) is 2.36. The third-order valence-electron chi connectivity index (χ3n) is 2.84. The molecule has 0 atom stereocenters. The average Bonchev–Trinajstić information content (AvgIpc) is 2.35. The highest BCUT2D eigenvalue weighted by molar-refractivity contribution is 5.77. The van der Waals surface area contributed by atoms with E-state index < -0.39 is 5.41 Å². The molecule has 0 aliphatic carbocycles. The summed E-state index contributed by atoms with van der Waals surface area (Å²) in [6, 6.07) is 8.00. The molecule has 0 aromatic heterocycles. The van der Waals surface area contributed by atoms with Gasteiger partial charge in [-0.1, -0.05) is 12.1 Å².